The van der Waals surface area contributed by atoms with Crippen molar-refractivity contribution in [3.8, 4) is 0 Å². The number of aryl methyl sites for hydroxylation is 1. The lowest BCUT2D eigenvalue weighted by atomic mass is 9.97. The van der Waals surface area contributed by atoms with Gasteiger partial charge in [-0.2, -0.15) is 0 Å². The molecule has 8 nitrogen and oxygen atoms in total. The Kier molecular flexibility index (Phi) is 7.53. The molecular formula is C28H32N4O4S. The Morgan fingerprint density at radius 2 is 1.73 bits per heavy atom. The molecule has 0 bridgehead atoms. The lowest BCUT2D eigenvalue weighted by molar-refractivity contribution is -0.137. The van der Waals surface area contributed by atoms with Crippen LogP contribution in [0.4, 0.5) is 5.69 Å². The maximum Gasteiger partial charge on any atom is 0.337 e. The van der Waals surface area contributed by atoms with Crippen molar-refractivity contribution in [1.82, 2.24) is 14.2 Å². The van der Waals surface area contributed by atoms with E-state index in [4.69, 9.17) is 4.74 Å². The number of hydrogen-bond acceptors (Lipinski definition) is 6. The largest absolute Gasteiger partial charge is 0.465 e. The molecule has 2 fully saturated rings. The Morgan fingerprint density at radius 3 is 2.46 bits per heavy atom. The maximum atomic E-state index is 13.4. The summed E-state index contributed by atoms with van der Waals surface area (Å²) in [6.07, 6.45) is 1.63. The van der Waals surface area contributed by atoms with Crippen LogP contribution in [-0.2, 0) is 20.5 Å². The number of anilines is 1. The Bertz CT molecular complexity index is 1320. The summed E-state index contributed by atoms with van der Waals surface area (Å²) >= 11 is 0. The number of piperidine rings is 1. The Morgan fingerprint density at radius 1 is 1.00 bits per heavy atom. The number of pyridine rings is 1. The monoisotopic (exact) mass is 520 g/mol. The van der Waals surface area contributed by atoms with Crippen molar-refractivity contribution in [2.45, 2.75) is 24.7 Å². The molecule has 0 saturated carbocycles. The molecule has 194 valence electrons. The van der Waals surface area contributed by atoms with Crippen LogP contribution in [-0.4, -0.2) is 76.7 Å². The average Bonchev–Trinajstić information content (AvgIpc) is 2.95. The molecule has 0 aliphatic carbocycles. The second-order valence-electron chi connectivity index (χ2n) is 9.60. The topological polar surface area (TPSA) is 83.0 Å². The lowest BCUT2D eigenvalue weighted by Crippen LogP contribution is -2.52. The number of carbonyl (C=O) groups excluding carboxylic acids is 2. The van der Waals surface area contributed by atoms with E-state index in [2.05, 4.69) is 22.0 Å². The van der Waals surface area contributed by atoms with Crippen molar-refractivity contribution in [2.75, 3.05) is 51.3 Å². The highest BCUT2D eigenvalue weighted by Gasteiger charge is 2.33. The molecule has 2 aliphatic rings. The van der Waals surface area contributed by atoms with E-state index in [0.29, 0.717) is 36.6 Å². The van der Waals surface area contributed by atoms with Crippen LogP contribution < -0.4 is 4.90 Å². The molecule has 0 N–H and O–H groups in total. The van der Waals surface area contributed by atoms with Gasteiger partial charge in [-0.1, -0.05) is 18.2 Å². The minimum Gasteiger partial charge on any atom is -0.465 e. The zero-order valence-electron chi connectivity index (χ0n) is 21.3. The summed E-state index contributed by atoms with van der Waals surface area (Å²) in [6.45, 7) is 6.05. The molecule has 2 unspecified atom stereocenters. The Balaban J connectivity index is 1.21. The van der Waals surface area contributed by atoms with Gasteiger partial charge in [0.1, 0.15) is 11.0 Å². The molecule has 9 heteroatoms. The van der Waals surface area contributed by atoms with E-state index < -0.39 is 17.0 Å². The first-order chi connectivity index (χ1) is 17.9. The first-order valence-electron chi connectivity index (χ1n) is 12.7. The number of fused-ring (bicyclic) bond motifs is 1. The standard InChI is InChI=1S/C28H32N4O4S/c1-20-18-26(24-7-3-4-8-25(24)29-20)30-14-16-31(17-15-30)27(33)22-6-5-13-32(19-22)37(35)23-11-9-21(10-12-23)28(34)36-2/h3-4,7-12,18,22H,5-6,13-17,19H2,1-2H3. The molecule has 3 heterocycles. The number of nitrogens with zero attached hydrogens (tertiary/aromatic N) is 4. The molecule has 5 rings (SSSR count). The van der Waals surface area contributed by atoms with Gasteiger partial charge in [-0.3, -0.25) is 9.78 Å². The van der Waals surface area contributed by atoms with Crippen LogP contribution in [0.3, 0.4) is 0 Å². The zero-order chi connectivity index (χ0) is 25.9. The minimum atomic E-state index is -1.39. The van der Waals surface area contributed by atoms with Crippen molar-refractivity contribution in [1.29, 1.82) is 0 Å². The lowest BCUT2D eigenvalue weighted by Gasteiger charge is -2.39. The summed E-state index contributed by atoms with van der Waals surface area (Å²) in [6, 6.07) is 17.0. The zero-order valence-corrected chi connectivity index (χ0v) is 22.1. The molecule has 2 aromatic carbocycles. The smallest absolute Gasteiger partial charge is 0.337 e. The Labute approximate surface area is 219 Å². The summed E-state index contributed by atoms with van der Waals surface area (Å²) < 4.78 is 19.8. The fraction of sp³-hybridized carbons (Fsp3) is 0.393. The number of methoxy groups -OCH3 is 1. The van der Waals surface area contributed by atoms with Crippen molar-refractivity contribution >= 4 is 39.5 Å². The van der Waals surface area contributed by atoms with Crippen molar-refractivity contribution in [3.63, 3.8) is 0 Å². The van der Waals surface area contributed by atoms with Crippen LogP contribution in [0.2, 0.25) is 0 Å². The third kappa shape index (κ3) is 5.38. The number of benzene rings is 2. The van der Waals surface area contributed by atoms with Gasteiger partial charge in [0.25, 0.3) is 0 Å². The van der Waals surface area contributed by atoms with E-state index in [1.165, 1.54) is 12.8 Å². The van der Waals surface area contributed by atoms with Crippen molar-refractivity contribution < 1.29 is 18.5 Å². The van der Waals surface area contributed by atoms with Gasteiger partial charge in [0.15, 0.2) is 0 Å². The van der Waals surface area contributed by atoms with Crippen molar-refractivity contribution in [2.24, 2.45) is 5.92 Å². The van der Waals surface area contributed by atoms with Gasteiger partial charge in [0.2, 0.25) is 5.91 Å². The number of para-hydroxylation sites is 1. The molecule has 37 heavy (non-hydrogen) atoms. The molecule has 0 spiro atoms. The molecule has 3 aromatic rings. The van der Waals surface area contributed by atoms with Crippen LogP contribution in [0.5, 0.6) is 0 Å². The van der Waals surface area contributed by atoms with Gasteiger partial charge < -0.3 is 14.5 Å². The number of esters is 1. The van der Waals surface area contributed by atoms with E-state index in [-0.39, 0.29) is 11.8 Å². The predicted octanol–water partition coefficient (Wildman–Crippen LogP) is 3.41. The maximum absolute atomic E-state index is 13.4. The van der Waals surface area contributed by atoms with Gasteiger partial charge in [-0.15, -0.1) is 0 Å². The second-order valence-corrected chi connectivity index (χ2v) is 11.1. The van der Waals surface area contributed by atoms with E-state index >= 15 is 0 Å². The SMILES string of the molecule is COC(=O)c1ccc(S(=O)N2CCCC(C(=O)N3CCN(c4cc(C)nc5ccccc45)CC3)C2)cc1. The number of carbonyl (C=O) groups is 2. The van der Waals surface area contributed by atoms with Crippen LogP contribution in [0, 0.1) is 12.8 Å². The highest BCUT2D eigenvalue weighted by atomic mass is 32.2. The highest BCUT2D eigenvalue weighted by Crippen LogP contribution is 2.29. The van der Waals surface area contributed by atoms with Gasteiger partial charge in [-0.05, 0) is 56.2 Å². The minimum absolute atomic E-state index is 0.151. The van der Waals surface area contributed by atoms with Gasteiger partial charge in [0, 0.05) is 56.0 Å². The van der Waals surface area contributed by atoms with Gasteiger partial charge >= 0.3 is 5.97 Å². The van der Waals surface area contributed by atoms with E-state index in [1.54, 1.807) is 24.3 Å². The molecular weight excluding hydrogens is 488 g/mol. The van der Waals surface area contributed by atoms with E-state index in [1.807, 2.05) is 34.3 Å². The van der Waals surface area contributed by atoms with Crippen LogP contribution in [0.1, 0.15) is 28.9 Å². The highest BCUT2D eigenvalue weighted by molar-refractivity contribution is 7.82. The van der Waals surface area contributed by atoms with Gasteiger partial charge in [-0.25, -0.2) is 13.3 Å². The summed E-state index contributed by atoms with van der Waals surface area (Å²) in [5, 5.41) is 1.14. The normalized spacial score (nSPS) is 19.6. The van der Waals surface area contributed by atoms with Crippen LogP contribution in [0.15, 0.2) is 59.5 Å². The summed E-state index contributed by atoms with van der Waals surface area (Å²) in [5.74, 6) is -0.436. The fourth-order valence-electron chi connectivity index (χ4n) is 5.24. The van der Waals surface area contributed by atoms with E-state index in [0.717, 1.165) is 42.5 Å². The number of hydrogen-bond donors (Lipinski definition) is 0. The van der Waals surface area contributed by atoms with Gasteiger partial charge in [0.05, 0.1) is 29.0 Å². The molecule has 1 amide bonds. The summed E-state index contributed by atoms with van der Waals surface area (Å²) in [4.78, 5) is 34.7. The average molecular weight is 521 g/mol. The first-order valence-corrected chi connectivity index (χ1v) is 13.8. The molecule has 2 aliphatic heterocycles. The number of ether oxygens (including phenoxy) is 1. The number of aromatic nitrogens is 1. The summed E-state index contributed by atoms with van der Waals surface area (Å²) in [5.41, 5.74) is 3.57. The molecule has 1 aromatic heterocycles. The van der Waals surface area contributed by atoms with E-state index in [9.17, 15) is 13.8 Å². The Hall–Kier alpha value is -3.30. The number of piperazine rings is 1. The number of amides is 1. The predicted molar refractivity (Wildman–Crippen MR) is 144 cm³/mol. The molecule has 2 saturated heterocycles. The first kappa shape index (κ1) is 25.4. The second kappa shape index (κ2) is 11.0. The van der Waals surface area contributed by atoms with Crippen molar-refractivity contribution in [3.05, 3.63) is 65.9 Å². The molecule has 0 radical (unpaired) electrons. The van der Waals surface area contributed by atoms with Crippen LogP contribution >= 0.6 is 0 Å². The third-order valence-electron chi connectivity index (χ3n) is 7.20. The summed E-state index contributed by atoms with van der Waals surface area (Å²) in [7, 11) is -0.0511. The van der Waals surface area contributed by atoms with Crippen LogP contribution in [0.25, 0.3) is 10.9 Å². The third-order valence-corrected chi connectivity index (χ3v) is 8.68. The number of rotatable bonds is 5. The quantitative estimate of drug-likeness (QED) is 0.480. The molecule has 2 atom stereocenters. The fourth-order valence-corrected chi connectivity index (χ4v) is 6.52.